The summed E-state index contributed by atoms with van der Waals surface area (Å²) in [5.74, 6) is 0.517. The lowest BCUT2D eigenvalue weighted by Gasteiger charge is -2.23. The summed E-state index contributed by atoms with van der Waals surface area (Å²) in [5.41, 5.74) is 2.44. The highest BCUT2D eigenvalue weighted by atomic mass is 14.9. The number of para-hydroxylation sites is 1. The van der Waals surface area contributed by atoms with E-state index in [1.54, 1.807) is 6.20 Å². The van der Waals surface area contributed by atoms with Crippen molar-refractivity contribution in [3.63, 3.8) is 0 Å². The van der Waals surface area contributed by atoms with Gasteiger partial charge in [0.1, 0.15) is 6.07 Å². The number of nitrogens with one attached hydrogen (secondary N) is 1. The van der Waals surface area contributed by atoms with E-state index < -0.39 is 0 Å². The van der Waals surface area contributed by atoms with Crippen LogP contribution in [0.15, 0.2) is 30.5 Å². The first kappa shape index (κ1) is 13.4. The minimum Gasteiger partial charge on any atom is -0.380 e. The lowest BCUT2D eigenvalue weighted by molar-refractivity contribution is 0.511. The van der Waals surface area contributed by atoms with E-state index in [9.17, 15) is 5.26 Å². The van der Waals surface area contributed by atoms with Gasteiger partial charge in [-0.05, 0) is 18.4 Å². The number of nitrogens with zero attached hydrogens (tertiary/aromatic N) is 2. The molecular weight excluding hydrogens is 234 g/mol. The summed E-state index contributed by atoms with van der Waals surface area (Å²) in [5, 5.41) is 13.8. The van der Waals surface area contributed by atoms with Crippen molar-refractivity contribution in [3.8, 4) is 6.07 Å². The molecular formula is C16H19N3. The summed E-state index contributed by atoms with van der Waals surface area (Å²) < 4.78 is 0. The van der Waals surface area contributed by atoms with Gasteiger partial charge in [-0.1, -0.05) is 39.0 Å². The number of benzene rings is 1. The molecule has 0 aliphatic heterocycles. The maximum atomic E-state index is 9.27. The average Bonchev–Trinajstić information content (AvgIpc) is 2.44. The number of aromatic nitrogens is 1. The van der Waals surface area contributed by atoms with Crippen LogP contribution >= 0.6 is 0 Å². The van der Waals surface area contributed by atoms with E-state index in [0.29, 0.717) is 17.5 Å². The molecule has 0 aliphatic carbocycles. The Kier molecular flexibility index (Phi) is 4.01. The van der Waals surface area contributed by atoms with Crippen LogP contribution in [0, 0.1) is 17.2 Å². The van der Waals surface area contributed by atoms with Crippen LogP contribution in [0.3, 0.4) is 0 Å². The van der Waals surface area contributed by atoms with Gasteiger partial charge in [0, 0.05) is 17.6 Å². The van der Waals surface area contributed by atoms with Gasteiger partial charge in [-0.15, -0.1) is 0 Å². The van der Waals surface area contributed by atoms with Gasteiger partial charge in [-0.25, -0.2) is 0 Å². The third kappa shape index (κ3) is 2.68. The minimum atomic E-state index is 0.359. The SMILES string of the molecule is CCC(Nc1c(C#N)cnc2ccccc12)C(C)C. The van der Waals surface area contributed by atoms with Gasteiger partial charge in [0.05, 0.1) is 16.8 Å². The number of hydrogen-bond acceptors (Lipinski definition) is 3. The number of fused-ring (bicyclic) bond motifs is 1. The van der Waals surface area contributed by atoms with E-state index in [2.05, 4.69) is 37.1 Å². The fourth-order valence-electron chi connectivity index (χ4n) is 2.31. The molecule has 1 atom stereocenters. The lowest BCUT2D eigenvalue weighted by Crippen LogP contribution is -2.25. The maximum Gasteiger partial charge on any atom is 0.103 e. The Labute approximate surface area is 114 Å². The molecule has 1 heterocycles. The number of pyridine rings is 1. The molecule has 1 aromatic heterocycles. The van der Waals surface area contributed by atoms with Gasteiger partial charge in [0.2, 0.25) is 0 Å². The molecule has 2 aromatic rings. The molecule has 19 heavy (non-hydrogen) atoms. The Morgan fingerprint density at radius 2 is 2.05 bits per heavy atom. The van der Waals surface area contributed by atoms with E-state index >= 15 is 0 Å². The summed E-state index contributed by atoms with van der Waals surface area (Å²) in [6.07, 6.45) is 2.68. The van der Waals surface area contributed by atoms with Crippen molar-refractivity contribution >= 4 is 16.6 Å². The fraction of sp³-hybridized carbons (Fsp3) is 0.375. The highest BCUT2D eigenvalue weighted by Crippen LogP contribution is 2.27. The van der Waals surface area contributed by atoms with Crippen molar-refractivity contribution in [2.45, 2.75) is 33.2 Å². The molecule has 2 rings (SSSR count). The Morgan fingerprint density at radius 1 is 1.32 bits per heavy atom. The molecule has 0 saturated carbocycles. The first-order chi connectivity index (χ1) is 9.17. The van der Waals surface area contributed by atoms with E-state index in [-0.39, 0.29) is 0 Å². The molecule has 1 unspecified atom stereocenters. The number of nitriles is 1. The zero-order chi connectivity index (χ0) is 13.8. The predicted molar refractivity (Wildman–Crippen MR) is 79.0 cm³/mol. The van der Waals surface area contributed by atoms with Crippen LogP contribution in [-0.4, -0.2) is 11.0 Å². The van der Waals surface area contributed by atoms with Crippen LogP contribution in [0.1, 0.15) is 32.8 Å². The molecule has 0 saturated heterocycles. The van der Waals surface area contributed by atoms with Crippen LogP contribution in [-0.2, 0) is 0 Å². The fourth-order valence-corrected chi connectivity index (χ4v) is 2.31. The first-order valence-electron chi connectivity index (χ1n) is 6.71. The second-order valence-corrected chi connectivity index (χ2v) is 5.08. The number of anilines is 1. The van der Waals surface area contributed by atoms with Crippen LogP contribution in [0.4, 0.5) is 5.69 Å². The average molecular weight is 253 g/mol. The number of rotatable bonds is 4. The van der Waals surface area contributed by atoms with Gasteiger partial charge in [-0.2, -0.15) is 5.26 Å². The monoisotopic (exact) mass is 253 g/mol. The van der Waals surface area contributed by atoms with Crippen LogP contribution in [0.2, 0.25) is 0 Å². The molecule has 3 heteroatoms. The first-order valence-corrected chi connectivity index (χ1v) is 6.71. The zero-order valence-electron chi connectivity index (χ0n) is 11.6. The predicted octanol–water partition coefficient (Wildman–Crippen LogP) is 3.95. The van der Waals surface area contributed by atoms with Crippen molar-refractivity contribution in [2.24, 2.45) is 5.92 Å². The van der Waals surface area contributed by atoms with Crippen molar-refractivity contribution in [3.05, 3.63) is 36.0 Å². The molecule has 0 radical (unpaired) electrons. The Morgan fingerprint density at radius 3 is 2.68 bits per heavy atom. The van der Waals surface area contributed by atoms with Gasteiger partial charge in [0.25, 0.3) is 0 Å². The highest BCUT2D eigenvalue weighted by molar-refractivity contribution is 5.93. The van der Waals surface area contributed by atoms with E-state index in [0.717, 1.165) is 23.0 Å². The molecule has 1 aromatic carbocycles. The molecule has 3 nitrogen and oxygen atoms in total. The second-order valence-electron chi connectivity index (χ2n) is 5.08. The third-order valence-electron chi connectivity index (χ3n) is 3.47. The molecule has 0 bridgehead atoms. The molecule has 0 spiro atoms. The molecule has 0 fully saturated rings. The van der Waals surface area contributed by atoms with E-state index in [1.165, 1.54) is 0 Å². The maximum absolute atomic E-state index is 9.27. The molecule has 0 aliphatic rings. The summed E-state index contributed by atoms with van der Waals surface area (Å²) >= 11 is 0. The minimum absolute atomic E-state index is 0.359. The van der Waals surface area contributed by atoms with E-state index in [4.69, 9.17) is 0 Å². The van der Waals surface area contributed by atoms with Crippen LogP contribution < -0.4 is 5.32 Å². The molecule has 0 amide bonds. The summed E-state index contributed by atoms with van der Waals surface area (Å²) in [4.78, 5) is 4.33. The zero-order valence-corrected chi connectivity index (χ0v) is 11.6. The largest absolute Gasteiger partial charge is 0.380 e. The normalized spacial score (nSPS) is 12.4. The summed E-state index contributed by atoms with van der Waals surface area (Å²) in [6.45, 7) is 6.54. The van der Waals surface area contributed by atoms with Crippen molar-refractivity contribution in [1.29, 1.82) is 5.26 Å². The quantitative estimate of drug-likeness (QED) is 0.897. The van der Waals surface area contributed by atoms with Gasteiger partial charge >= 0.3 is 0 Å². The lowest BCUT2D eigenvalue weighted by atomic mass is 10.00. The third-order valence-corrected chi connectivity index (χ3v) is 3.47. The Bertz CT molecular complexity index is 611. The topological polar surface area (TPSA) is 48.7 Å². The summed E-state index contributed by atoms with van der Waals surface area (Å²) in [7, 11) is 0. The Hall–Kier alpha value is -2.08. The van der Waals surface area contributed by atoms with E-state index in [1.807, 2.05) is 24.3 Å². The standard InChI is InChI=1S/C16H19N3/c1-4-14(11(2)3)19-16-12(9-17)10-18-15-8-6-5-7-13(15)16/h5-8,10-11,14H,4H2,1-3H3,(H,18,19). The van der Waals surface area contributed by atoms with Crippen molar-refractivity contribution in [1.82, 2.24) is 4.98 Å². The smallest absolute Gasteiger partial charge is 0.103 e. The van der Waals surface area contributed by atoms with Gasteiger partial charge in [0.15, 0.2) is 0 Å². The number of hydrogen-bond donors (Lipinski definition) is 1. The molecule has 98 valence electrons. The van der Waals surface area contributed by atoms with Gasteiger partial charge < -0.3 is 5.32 Å². The highest BCUT2D eigenvalue weighted by Gasteiger charge is 2.15. The van der Waals surface area contributed by atoms with Crippen molar-refractivity contribution in [2.75, 3.05) is 5.32 Å². The van der Waals surface area contributed by atoms with Crippen molar-refractivity contribution < 1.29 is 0 Å². The second kappa shape index (κ2) is 5.71. The van der Waals surface area contributed by atoms with Crippen LogP contribution in [0.25, 0.3) is 10.9 Å². The summed E-state index contributed by atoms with van der Waals surface area (Å²) in [6, 6.07) is 10.5. The van der Waals surface area contributed by atoms with Gasteiger partial charge in [-0.3, -0.25) is 4.98 Å². The Balaban J connectivity index is 2.53. The molecule has 1 N–H and O–H groups in total. The van der Waals surface area contributed by atoms with Crippen LogP contribution in [0.5, 0.6) is 0 Å².